The molecule has 1 N–H and O–H groups in total. The molecule has 1 heterocycles. The number of nitrogens with zero attached hydrogens (tertiary/aromatic N) is 2. The van der Waals surface area contributed by atoms with E-state index in [1.165, 1.54) is 0 Å². The number of piperazine rings is 1. The first-order valence-corrected chi connectivity index (χ1v) is 8.50. The Labute approximate surface area is 142 Å². The lowest BCUT2D eigenvalue weighted by molar-refractivity contribution is -0.120. The van der Waals surface area contributed by atoms with E-state index in [-0.39, 0.29) is 11.8 Å². The van der Waals surface area contributed by atoms with E-state index in [1.54, 1.807) is 12.1 Å². The average molecular weight is 343 g/mol. The number of carbonyl (C=O) groups is 1. The average Bonchev–Trinajstić information content (AvgIpc) is 2.49. The first-order chi connectivity index (χ1) is 10.6. The zero-order valence-electron chi connectivity index (χ0n) is 13.0. The third-order valence-electron chi connectivity index (χ3n) is 4.01. The lowest BCUT2D eigenvalue weighted by Crippen LogP contribution is -2.40. The van der Waals surface area contributed by atoms with E-state index >= 15 is 0 Å². The molecule has 0 aromatic heterocycles. The Kier molecular flexibility index (Phi) is 6.36. The quantitative estimate of drug-likeness (QED) is 0.884. The van der Waals surface area contributed by atoms with E-state index in [2.05, 4.69) is 15.5 Å². The molecule has 1 saturated heterocycles. The number of halogens is 2. The maximum atomic E-state index is 12.2. The fourth-order valence-corrected chi connectivity index (χ4v) is 3.40. The Balaban J connectivity index is 2.17. The monoisotopic (exact) mass is 342 g/mol. The number of carbonyl (C=O) groups excluding carboxylic acids is 1. The number of hydrogen-bond acceptors (Lipinski definition) is 2. The van der Waals surface area contributed by atoms with Gasteiger partial charge in [-0.3, -0.25) is 4.79 Å². The van der Waals surface area contributed by atoms with Crippen molar-refractivity contribution in [3.8, 4) is 0 Å². The highest BCUT2D eigenvalue weighted by Gasteiger charge is 2.20. The first-order valence-electron chi connectivity index (χ1n) is 7.74. The SMILES string of the molecule is CCC(CC)C(=O)Nc1cc(Cl)c(N2CC[N]CC2)c(Cl)c1. The molecule has 0 spiro atoms. The van der Waals surface area contributed by atoms with Crippen molar-refractivity contribution in [2.24, 2.45) is 5.92 Å². The standard InChI is InChI=1S/C16H22Cl2N3O/c1-3-11(4-2)16(22)20-12-9-13(17)15(14(18)10-12)21-7-5-19-6-8-21/h9-11H,3-8H2,1-2H3,(H,20,22). The predicted molar refractivity (Wildman–Crippen MR) is 93.2 cm³/mol. The van der Waals surface area contributed by atoms with Gasteiger partial charge in [0.25, 0.3) is 0 Å². The van der Waals surface area contributed by atoms with Crippen molar-refractivity contribution in [3.05, 3.63) is 22.2 Å². The lowest BCUT2D eigenvalue weighted by Gasteiger charge is -2.30. The second-order valence-corrected chi connectivity index (χ2v) is 6.26. The van der Waals surface area contributed by atoms with Crippen molar-refractivity contribution >= 4 is 40.5 Å². The second kappa shape index (κ2) is 8.04. The Hall–Kier alpha value is -0.970. The van der Waals surface area contributed by atoms with E-state index in [4.69, 9.17) is 23.2 Å². The highest BCUT2D eigenvalue weighted by molar-refractivity contribution is 6.39. The molecular weight excluding hydrogens is 321 g/mol. The van der Waals surface area contributed by atoms with Crippen LogP contribution >= 0.6 is 23.2 Å². The van der Waals surface area contributed by atoms with Crippen LogP contribution < -0.4 is 15.5 Å². The van der Waals surface area contributed by atoms with Crippen molar-refractivity contribution in [1.82, 2.24) is 5.32 Å². The van der Waals surface area contributed by atoms with E-state index in [1.807, 2.05) is 13.8 Å². The van der Waals surface area contributed by atoms with Crippen molar-refractivity contribution in [2.75, 3.05) is 36.4 Å². The van der Waals surface area contributed by atoms with Crippen LogP contribution in [0.4, 0.5) is 11.4 Å². The van der Waals surface area contributed by atoms with E-state index in [0.29, 0.717) is 15.7 Å². The number of rotatable bonds is 5. The summed E-state index contributed by atoms with van der Waals surface area (Å²) in [6.07, 6.45) is 1.64. The zero-order valence-corrected chi connectivity index (χ0v) is 14.5. The smallest absolute Gasteiger partial charge is 0.227 e. The van der Waals surface area contributed by atoms with Crippen LogP contribution in [-0.4, -0.2) is 32.1 Å². The molecule has 1 aliphatic heterocycles. The van der Waals surface area contributed by atoms with Crippen LogP contribution in [0.25, 0.3) is 0 Å². The molecule has 1 aromatic rings. The summed E-state index contributed by atoms with van der Waals surface area (Å²) in [4.78, 5) is 14.3. The summed E-state index contributed by atoms with van der Waals surface area (Å²) in [6, 6.07) is 3.55. The molecule has 0 atom stereocenters. The van der Waals surface area contributed by atoms with E-state index in [9.17, 15) is 4.79 Å². The van der Waals surface area contributed by atoms with Crippen LogP contribution in [0.1, 0.15) is 26.7 Å². The lowest BCUT2D eigenvalue weighted by atomic mass is 10.0. The first kappa shape index (κ1) is 17.4. The molecule has 0 aliphatic carbocycles. The van der Waals surface area contributed by atoms with Gasteiger partial charge in [0.05, 0.1) is 15.7 Å². The molecule has 1 radical (unpaired) electrons. The van der Waals surface area contributed by atoms with Gasteiger partial charge in [0.1, 0.15) is 0 Å². The van der Waals surface area contributed by atoms with E-state index in [0.717, 1.165) is 44.7 Å². The highest BCUT2D eigenvalue weighted by Crippen LogP contribution is 2.37. The molecule has 6 heteroatoms. The number of nitrogens with one attached hydrogen (secondary N) is 1. The van der Waals surface area contributed by atoms with Gasteiger partial charge in [-0.1, -0.05) is 37.0 Å². The summed E-state index contributed by atoms with van der Waals surface area (Å²) >= 11 is 12.8. The molecule has 1 amide bonds. The predicted octanol–water partition coefficient (Wildman–Crippen LogP) is 3.79. The summed E-state index contributed by atoms with van der Waals surface area (Å²) in [5.74, 6) is 0.0302. The minimum atomic E-state index is 0.0148. The van der Waals surface area contributed by atoms with Gasteiger partial charge in [0.15, 0.2) is 0 Å². The Morgan fingerprint density at radius 3 is 2.27 bits per heavy atom. The van der Waals surface area contributed by atoms with Crippen molar-refractivity contribution in [1.29, 1.82) is 0 Å². The molecule has 121 valence electrons. The van der Waals surface area contributed by atoms with Crippen LogP contribution in [0.5, 0.6) is 0 Å². The van der Waals surface area contributed by atoms with Crippen LogP contribution in [0.2, 0.25) is 10.0 Å². The topological polar surface area (TPSA) is 46.4 Å². The fraction of sp³-hybridized carbons (Fsp3) is 0.562. The molecule has 1 aromatic carbocycles. The van der Waals surface area contributed by atoms with Crippen molar-refractivity contribution < 1.29 is 4.79 Å². The van der Waals surface area contributed by atoms with Gasteiger partial charge in [-0.2, -0.15) is 0 Å². The Morgan fingerprint density at radius 1 is 1.23 bits per heavy atom. The number of anilines is 2. The normalized spacial score (nSPS) is 15.2. The Morgan fingerprint density at radius 2 is 1.77 bits per heavy atom. The maximum absolute atomic E-state index is 12.2. The molecule has 0 unspecified atom stereocenters. The van der Waals surface area contributed by atoms with Gasteiger partial charge in [0.2, 0.25) is 5.91 Å². The summed E-state index contributed by atoms with van der Waals surface area (Å²) in [7, 11) is 0. The number of hydrogen-bond donors (Lipinski definition) is 1. The highest BCUT2D eigenvalue weighted by atomic mass is 35.5. The molecule has 4 nitrogen and oxygen atoms in total. The molecule has 2 rings (SSSR count). The third kappa shape index (κ3) is 4.06. The van der Waals surface area contributed by atoms with Crippen LogP contribution in [-0.2, 0) is 4.79 Å². The van der Waals surface area contributed by atoms with Crippen molar-refractivity contribution in [2.45, 2.75) is 26.7 Å². The minimum absolute atomic E-state index is 0.0148. The van der Waals surface area contributed by atoms with Gasteiger partial charge in [-0.25, -0.2) is 5.32 Å². The summed E-state index contributed by atoms with van der Waals surface area (Å²) in [5, 5.41) is 8.36. The molecule has 22 heavy (non-hydrogen) atoms. The summed E-state index contributed by atoms with van der Waals surface area (Å²) < 4.78 is 0. The van der Waals surface area contributed by atoms with E-state index < -0.39 is 0 Å². The zero-order chi connectivity index (χ0) is 16.1. The van der Waals surface area contributed by atoms with Crippen LogP contribution in [0, 0.1) is 5.92 Å². The molecule has 1 fully saturated rings. The van der Waals surface area contributed by atoms with Gasteiger partial charge in [-0.05, 0) is 25.0 Å². The molecule has 0 saturated carbocycles. The fourth-order valence-electron chi connectivity index (χ4n) is 2.67. The van der Waals surface area contributed by atoms with Gasteiger partial charge >= 0.3 is 0 Å². The maximum Gasteiger partial charge on any atom is 0.227 e. The van der Waals surface area contributed by atoms with Gasteiger partial charge in [0, 0.05) is 37.8 Å². The Bertz CT molecular complexity index is 503. The molecular formula is C16H22Cl2N3O. The molecule has 0 bridgehead atoms. The molecule has 1 aliphatic rings. The second-order valence-electron chi connectivity index (χ2n) is 5.45. The minimum Gasteiger partial charge on any atom is -0.366 e. The van der Waals surface area contributed by atoms with Gasteiger partial charge < -0.3 is 10.2 Å². The van der Waals surface area contributed by atoms with Crippen molar-refractivity contribution in [3.63, 3.8) is 0 Å². The summed E-state index contributed by atoms with van der Waals surface area (Å²) in [6.45, 7) is 7.24. The van der Waals surface area contributed by atoms with Crippen LogP contribution in [0.3, 0.4) is 0 Å². The third-order valence-corrected chi connectivity index (χ3v) is 4.59. The number of benzene rings is 1. The van der Waals surface area contributed by atoms with Crippen LogP contribution in [0.15, 0.2) is 12.1 Å². The van der Waals surface area contributed by atoms with Gasteiger partial charge in [-0.15, -0.1) is 0 Å². The summed E-state index contributed by atoms with van der Waals surface area (Å²) in [5.41, 5.74) is 1.48. The largest absolute Gasteiger partial charge is 0.366 e. The number of amides is 1.